The van der Waals surface area contributed by atoms with Gasteiger partial charge in [0.25, 0.3) is 5.91 Å². The summed E-state index contributed by atoms with van der Waals surface area (Å²) in [5, 5.41) is 18.3. The molecule has 7 nitrogen and oxygen atoms in total. The Morgan fingerprint density at radius 1 is 1.09 bits per heavy atom. The average molecular weight is 474 g/mol. The van der Waals surface area contributed by atoms with E-state index in [0.717, 1.165) is 11.1 Å². The molecule has 3 aromatic carbocycles. The largest absolute Gasteiger partial charge is 0.507 e. The van der Waals surface area contributed by atoms with E-state index < -0.39 is 12.0 Å². The van der Waals surface area contributed by atoms with E-state index in [9.17, 15) is 14.7 Å². The number of phenolic OH excluding ortho intramolecular Hbond substituents is 1. The molecular formula is C26H20ClN3O4. The van der Waals surface area contributed by atoms with Gasteiger partial charge in [-0.15, -0.1) is 0 Å². The van der Waals surface area contributed by atoms with Gasteiger partial charge in [-0.3, -0.25) is 9.89 Å². The first-order valence-electron chi connectivity index (χ1n) is 10.6. The number of H-pyrrole nitrogens is 1. The number of carbonyl (C=O) groups is 2. The minimum atomic E-state index is -0.515. The zero-order valence-corrected chi connectivity index (χ0v) is 18.9. The first kappa shape index (κ1) is 21.7. The number of halogens is 1. The summed E-state index contributed by atoms with van der Waals surface area (Å²) >= 11 is 6.41. The lowest BCUT2D eigenvalue weighted by molar-refractivity contribution is 0.0600. The highest BCUT2D eigenvalue weighted by Gasteiger charge is 2.42. The highest BCUT2D eigenvalue weighted by Crippen LogP contribution is 2.45. The number of aromatic amines is 1. The zero-order valence-electron chi connectivity index (χ0n) is 18.2. The number of esters is 1. The Kier molecular flexibility index (Phi) is 5.55. The maximum absolute atomic E-state index is 13.5. The van der Waals surface area contributed by atoms with E-state index in [0.29, 0.717) is 33.1 Å². The van der Waals surface area contributed by atoms with Crippen LogP contribution in [0.3, 0.4) is 0 Å². The highest BCUT2D eigenvalue weighted by atomic mass is 35.5. The van der Waals surface area contributed by atoms with Crippen molar-refractivity contribution in [3.63, 3.8) is 0 Å². The molecule has 0 radical (unpaired) electrons. The summed E-state index contributed by atoms with van der Waals surface area (Å²) in [5.41, 5.74) is 4.01. The molecular weight excluding hydrogens is 454 g/mol. The van der Waals surface area contributed by atoms with E-state index in [1.807, 2.05) is 18.2 Å². The number of aromatic hydroxyl groups is 1. The van der Waals surface area contributed by atoms with Gasteiger partial charge in [-0.1, -0.05) is 54.1 Å². The van der Waals surface area contributed by atoms with E-state index in [1.165, 1.54) is 7.11 Å². The Labute approximate surface area is 200 Å². The van der Waals surface area contributed by atoms with Gasteiger partial charge in [0.2, 0.25) is 0 Å². The van der Waals surface area contributed by atoms with Crippen molar-refractivity contribution < 1.29 is 19.4 Å². The third kappa shape index (κ3) is 3.60. The number of carbonyl (C=O) groups excluding carboxylic acids is 2. The lowest BCUT2D eigenvalue weighted by atomic mass is 9.95. The molecule has 34 heavy (non-hydrogen) atoms. The molecule has 0 saturated carbocycles. The van der Waals surface area contributed by atoms with Crippen molar-refractivity contribution in [2.45, 2.75) is 12.6 Å². The van der Waals surface area contributed by atoms with Crippen LogP contribution in [0.25, 0.3) is 11.3 Å². The number of fused-ring (bicyclic) bond motifs is 1. The number of nitrogens with one attached hydrogen (secondary N) is 1. The lowest BCUT2D eigenvalue weighted by Crippen LogP contribution is -2.29. The van der Waals surface area contributed by atoms with Crippen LogP contribution < -0.4 is 0 Å². The van der Waals surface area contributed by atoms with Crippen LogP contribution >= 0.6 is 11.6 Å². The zero-order chi connectivity index (χ0) is 23.8. The number of hydrogen-bond donors (Lipinski definition) is 2. The van der Waals surface area contributed by atoms with Crippen LogP contribution in [0.15, 0.2) is 72.8 Å². The van der Waals surface area contributed by atoms with Crippen LogP contribution in [0.1, 0.15) is 43.6 Å². The third-order valence-electron chi connectivity index (χ3n) is 5.97. The molecule has 0 aliphatic carbocycles. The highest BCUT2D eigenvalue weighted by molar-refractivity contribution is 6.31. The molecule has 0 spiro atoms. The van der Waals surface area contributed by atoms with Gasteiger partial charge in [0.1, 0.15) is 17.1 Å². The molecule has 2 N–H and O–H groups in total. The average Bonchev–Trinajstić information content (AvgIpc) is 3.39. The van der Waals surface area contributed by atoms with Crippen molar-refractivity contribution in [1.82, 2.24) is 15.1 Å². The monoisotopic (exact) mass is 473 g/mol. The molecule has 0 saturated heterocycles. The molecule has 1 unspecified atom stereocenters. The van der Waals surface area contributed by atoms with Crippen molar-refractivity contribution >= 4 is 23.5 Å². The number of para-hydroxylation sites is 1. The van der Waals surface area contributed by atoms with Gasteiger partial charge >= 0.3 is 5.97 Å². The van der Waals surface area contributed by atoms with Crippen molar-refractivity contribution in [2.24, 2.45) is 0 Å². The fourth-order valence-electron chi connectivity index (χ4n) is 4.31. The second kappa shape index (κ2) is 8.68. The minimum Gasteiger partial charge on any atom is -0.507 e. The summed E-state index contributed by atoms with van der Waals surface area (Å²) in [6.07, 6.45) is 0. The van der Waals surface area contributed by atoms with Crippen LogP contribution in [0.2, 0.25) is 5.02 Å². The lowest BCUT2D eigenvalue weighted by Gasteiger charge is -2.27. The molecule has 0 bridgehead atoms. The van der Waals surface area contributed by atoms with Crippen LogP contribution in [-0.4, -0.2) is 39.2 Å². The van der Waals surface area contributed by atoms with Gasteiger partial charge in [-0.2, -0.15) is 5.10 Å². The van der Waals surface area contributed by atoms with E-state index in [4.69, 9.17) is 16.3 Å². The molecule has 0 fully saturated rings. The van der Waals surface area contributed by atoms with Crippen LogP contribution in [-0.2, 0) is 11.3 Å². The fourth-order valence-corrected chi connectivity index (χ4v) is 4.51. The number of hydrogen-bond acceptors (Lipinski definition) is 5. The molecule has 4 aromatic rings. The maximum Gasteiger partial charge on any atom is 0.337 e. The Bertz CT molecular complexity index is 1400. The maximum atomic E-state index is 13.5. The summed E-state index contributed by atoms with van der Waals surface area (Å²) in [4.78, 5) is 27.2. The molecule has 170 valence electrons. The Morgan fingerprint density at radius 3 is 2.50 bits per heavy atom. The van der Waals surface area contributed by atoms with E-state index in [1.54, 1.807) is 59.5 Å². The summed E-state index contributed by atoms with van der Waals surface area (Å²) in [7, 11) is 1.33. The van der Waals surface area contributed by atoms with Crippen LogP contribution in [0.5, 0.6) is 5.75 Å². The number of rotatable bonds is 5. The molecule has 1 amide bonds. The van der Waals surface area contributed by atoms with Crippen molar-refractivity contribution in [1.29, 1.82) is 0 Å². The van der Waals surface area contributed by atoms with Gasteiger partial charge in [-0.05, 0) is 41.5 Å². The topological polar surface area (TPSA) is 95.5 Å². The molecule has 1 aliphatic heterocycles. The Hall–Kier alpha value is -4.10. The van der Waals surface area contributed by atoms with Crippen molar-refractivity contribution in [3.8, 4) is 17.0 Å². The first-order valence-corrected chi connectivity index (χ1v) is 11.0. The van der Waals surface area contributed by atoms with Gasteiger partial charge in [0.15, 0.2) is 0 Å². The quantitative estimate of drug-likeness (QED) is 0.399. The van der Waals surface area contributed by atoms with E-state index in [-0.39, 0.29) is 18.2 Å². The summed E-state index contributed by atoms with van der Waals surface area (Å²) in [5.74, 6) is -0.611. The van der Waals surface area contributed by atoms with Crippen molar-refractivity contribution in [2.75, 3.05) is 7.11 Å². The molecule has 1 aromatic heterocycles. The third-order valence-corrected chi connectivity index (χ3v) is 6.34. The number of aromatic nitrogens is 2. The predicted molar refractivity (Wildman–Crippen MR) is 127 cm³/mol. The number of methoxy groups -OCH3 is 1. The Morgan fingerprint density at radius 2 is 1.79 bits per heavy atom. The summed E-state index contributed by atoms with van der Waals surface area (Å²) < 4.78 is 4.81. The number of ether oxygens (including phenoxy) is 1. The molecule has 2 heterocycles. The van der Waals surface area contributed by atoms with Crippen molar-refractivity contribution in [3.05, 3.63) is 106 Å². The molecule has 5 rings (SSSR count). The van der Waals surface area contributed by atoms with Gasteiger partial charge in [-0.25, -0.2) is 4.79 Å². The van der Waals surface area contributed by atoms with E-state index >= 15 is 0 Å². The Balaban J connectivity index is 1.65. The van der Waals surface area contributed by atoms with Gasteiger partial charge in [0, 0.05) is 22.7 Å². The van der Waals surface area contributed by atoms with E-state index in [2.05, 4.69) is 10.2 Å². The van der Waals surface area contributed by atoms with Crippen LogP contribution in [0.4, 0.5) is 0 Å². The minimum absolute atomic E-state index is 0.0635. The number of benzene rings is 3. The normalized spacial score (nSPS) is 14.8. The standard InChI is InChI=1S/C26H20ClN3O4/c1-34-26(33)16-12-10-15(11-13-16)24-21-22(18-7-3-5-9-20(18)31)28-29-23(21)25(32)30(24)14-17-6-2-4-8-19(17)27/h2-13,24,31H,14H2,1H3,(H,28,29). The summed E-state index contributed by atoms with van der Waals surface area (Å²) in [6.45, 7) is 0.269. The summed E-state index contributed by atoms with van der Waals surface area (Å²) in [6, 6.07) is 20.6. The SMILES string of the molecule is COC(=O)c1ccc(C2c3c(-c4ccccc4O)n[nH]c3C(=O)N2Cc2ccccc2Cl)cc1. The second-order valence-electron chi connectivity index (χ2n) is 7.92. The fraction of sp³-hybridized carbons (Fsp3) is 0.115. The smallest absolute Gasteiger partial charge is 0.337 e. The van der Waals surface area contributed by atoms with Gasteiger partial charge < -0.3 is 14.7 Å². The number of phenols is 1. The number of nitrogens with zero attached hydrogens (tertiary/aromatic N) is 2. The first-order chi connectivity index (χ1) is 16.5. The van der Waals surface area contributed by atoms with Gasteiger partial charge in [0.05, 0.1) is 18.7 Å². The predicted octanol–water partition coefficient (Wildman–Crippen LogP) is 4.97. The molecule has 1 atom stereocenters. The van der Waals surface area contributed by atoms with Crippen LogP contribution in [0, 0.1) is 0 Å². The molecule has 8 heteroatoms. The number of amides is 1. The molecule has 1 aliphatic rings. The second-order valence-corrected chi connectivity index (χ2v) is 8.33.